The average Bonchev–Trinajstić information content (AvgIpc) is 3.05. The molecule has 6 heteroatoms. The summed E-state index contributed by atoms with van der Waals surface area (Å²) < 4.78 is 5.78. The number of primary amides is 1. The van der Waals surface area contributed by atoms with Crippen molar-refractivity contribution in [2.45, 2.75) is 25.4 Å². The van der Waals surface area contributed by atoms with Crippen LogP contribution in [-0.4, -0.2) is 31.7 Å². The van der Waals surface area contributed by atoms with Crippen LogP contribution in [-0.2, 0) is 9.53 Å². The fourth-order valence-corrected chi connectivity index (χ4v) is 3.88. The largest absolute Gasteiger partial charge is 0.377 e. The Morgan fingerprint density at radius 2 is 2.09 bits per heavy atom. The molecular weight excluding hydrogens is 314 g/mol. The van der Waals surface area contributed by atoms with Gasteiger partial charge in [0.25, 0.3) is 0 Å². The summed E-state index contributed by atoms with van der Waals surface area (Å²) >= 11 is 6.07. The summed E-state index contributed by atoms with van der Waals surface area (Å²) in [5, 5.41) is 9.90. The molecule has 1 aromatic rings. The number of benzene rings is 1. The summed E-state index contributed by atoms with van der Waals surface area (Å²) in [5.74, 6) is -0.0695. The third kappa shape index (κ3) is 3.29. The van der Waals surface area contributed by atoms with E-state index < -0.39 is 0 Å². The van der Waals surface area contributed by atoms with Gasteiger partial charge in [0, 0.05) is 24.7 Å². The van der Waals surface area contributed by atoms with E-state index in [9.17, 15) is 10.1 Å². The summed E-state index contributed by atoms with van der Waals surface area (Å²) in [6.45, 7) is 2.27. The Morgan fingerprint density at radius 1 is 1.35 bits per heavy atom. The van der Waals surface area contributed by atoms with Crippen LogP contribution < -0.4 is 10.6 Å². The number of carbonyl (C=O) groups is 1. The zero-order valence-electron chi connectivity index (χ0n) is 12.9. The van der Waals surface area contributed by atoms with Crippen molar-refractivity contribution in [3.63, 3.8) is 0 Å². The van der Waals surface area contributed by atoms with Crippen molar-refractivity contribution in [1.82, 2.24) is 0 Å². The fourth-order valence-electron chi connectivity index (χ4n) is 3.71. The lowest BCUT2D eigenvalue weighted by molar-refractivity contribution is -0.124. The van der Waals surface area contributed by atoms with Crippen molar-refractivity contribution in [2.75, 3.05) is 24.6 Å². The van der Waals surface area contributed by atoms with E-state index in [-0.39, 0.29) is 17.9 Å². The molecule has 122 valence electrons. The maximum absolute atomic E-state index is 11.5. The molecule has 2 heterocycles. The van der Waals surface area contributed by atoms with Gasteiger partial charge in [-0.25, -0.2) is 0 Å². The molecule has 2 N–H and O–H groups in total. The molecule has 2 saturated heterocycles. The molecule has 0 bridgehead atoms. The van der Waals surface area contributed by atoms with Crippen LogP contribution in [0, 0.1) is 23.2 Å². The van der Waals surface area contributed by atoms with E-state index in [1.165, 1.54) is 0 Å². The van der Waals surface area contributed by atoms with Crippen molar-refractivity contribution in [3.8, 4) is 6.07 Å². The summed E-state index contributed by atoms with van der Waals surface area (Å²) in [6, 6.07) is 7.56. The van der Waals surface area contributed by atoms with Crippen molar-refractivity contribution >= 4 is 23.2 Å². The second-order valence-electron chi connectivity index (χ2n) is 6.23. The minimum Gasteiger partial charge on any atom is -0.377 e. The SMILES string of the molecule is N#Cc1ccc(Cl)cc1N1CCC([C@H]2OCC[C@@H]2C(N)=O)CC1. The van der Waals surface area contributed by atoms with Crippen molar-refractivity contribution in [3.05, 3.63) is 28.8 Å². The highest BCUT2D eigenvalue weighted by molar-refractivity contribution is 6.30. The number of piperidine rings is 1. The Kier molecular flexibility index (Phi) is 4.74. The molecule has 3 rings (SSSR count). The maximum Gasteiger partial charge on any atom is 0.223 e. The van der Waals surface area contributed by atoms with E-state index in [2.05, 4.69) is 11.0 Å². The first-order valence-corrected chi connectivity index (χ1v) is 8.33. The van der Waals surface area contributed by atoms with Crippen LogP contribution in [0.25, 0.3) is 0 Å². The first-order valence-electron chi connectivity index (χ1n) is 7.95. The standard InChI is InChI=1S/C17H20ClN3O2/c18-13-2-1-12(10-19)15(9-13)21-6-3-11(4-7-21)16-14(17(20)22)5-8-23-16/h1-2,9,11,14,16H,3-8H2,(H2,20,22)/t14-,16+/m0/s1. The lowest BCUT2D eigenvalue weighted by Gasteiger charge is -2.37. The molecular formula is C17H20ClN3O2. The molecule has 2 fully saturated rings. The Bertz CT molecular complexity index is 635. The molecule has 0 spiro atoms. The number of hydrogen-bond acceptors (Lipinski definition) is 4. The second kappa shape index (κ2) is 6.77. The summed E-state index contributed by atoms with van der Waals surface area (Å²) in [7, 11) is 0. The number of hydrogen-bond donors (Lipinski definition) is 1. The Balaban J connectivity index is 1.68. The molecule has 0 unspecified atom stereocenters. The molecule has 1 aromatic carbocycles. The molecule has 0 radical (unpaired) electrons. The van der Waals surface area contributed by atoms with Crippen LogP contribution in [0.5, 0.6) is 0 Å². The molecule has 5 nitrogen and oxygen atoms in total. The van der Waals surface area contributed by atoms with E-state index in [1.807, 2.05) is 6.07 Å². The first-order chi connectivity index (χ1) is 11.1. The van der Waals surface area contributed by atoms with E-state index >= 15 is 0 Å². The van der Waals surface area contributed by atoms with Gasteiger partial charge in [-0.3, -0.25) is 4.79 Å². The lowest BCUT2D eigenvalue weighted by Crippen LogP contribution is -2.42. The minimum atomic E-state index is -0.253. The molecule has 0 aliphatic carbocycles. The summed E-state index contributed by atoms with van der Waals surface area (Å²) in [5.41, 5.74) is 7.01. The van der Waals surface area contributed by atoms with Gasteiger partial charge in [-0.1, -0.05) is 11.6 Å². The number of carbonyl (C=O) groups excluding carboxylic acids is 1. The molecule has 23 heavy (non-hydrogen) atoms. The van der Waals surface area contributed by atoms with Crippen LogP contribution in [0.1, 0.15) is 24.8 Å². The summed E-state index contributed by atoms with van der Waals surface area (Å²) in [6.07, 6.45) is 2.52. The van der Waals surface area contributed by atoms with Gasteiger partial charge in [0.2, 0.25) is 5.91 Å². The van der Waals surface area contributed by atoms with Gasteiger partial charge < -0.3 is 15.4 Å². The molecule has 1 amide bonds. The molecule has 0 aromatic heterocycles. The molecule has 0 saturated carbocycles. The van der Waals surface area contributed by atoms with Gasteiger partial charge in [0.05, 0.1) is 23.3 Å². The van der Waals surface area contributed by atoms with Crippen molar-refractivity contribution in [2.24, 2.45) is 17.6 Å². The second-order valence-corrected chi connectivity index (χ2v) is 6.67. The molecule has 2 aliphatic rings. The molecule has 2 atom stereocenters. The fraction of sp³-hybridized carbons (Fsp3) is 0.529. The number of anilines is 1. The Labute approximate surface area is 141 Å². The Hall–Kier alpha value is -1.77. The van der Waals surface area contributed by atoms with Gasteiger partial charge in [-0.15, -0.1) is 0 Å². The number of rotatable bonds is 3. The first kappa shape index (κ1) is 16.1. The van der Waals surface area contributed by atoms with E-state index in [0.29, 0.717) is 23.1 Å². The quantitative estimate of drug-likeness (QED) is 0.920. The van der Waals surface area contributed by atoms with Crippen LogP contribution in [0.15, 0.2) is 18.2 Å². The number of amides is 1. The van der Waals surface area contributed by atoms with Crippen LogP contribution in [0.3, 0.4) is 0 Å². The topological polar surface area (TPSA) is 79.3 Å². The lowest BCUT2D eigenvalue weighted by atomic mass is 9.83. The predicted octanol–water partition coefficient (Wildman–Crippen LogP) is 2.32. The molecule has 2 aliphatic heterocycles. The highest BCUT2D eigenvalue weighted by Gasteiger charge is 2.39. The average molecular weight is 334 g/mol. The van der Waals surface area contributed by atoms with Crippen LogP contribution in [0.4, 0.5) is 5.69 Å². The van der Waals surface area contributed by atoms with Crippen molar-refractivity contribution < 1.29 is 9.53 Å². The number of nitrogens with two attached hydrogens (primary N) is 1. The number of nitrogens with zero attached hydrogens (tertiary/aromatic N) is 2. The number of nitriles is 1. The number of halogens is 1. The van der Waals surface area contributed by atoms with Gasteiger partial charge >= 0.3 is 0 Å². The van der Waals surface area contributed by atoms with Gasteiger partial charge in [0.1, 0.15) is 6.07 Å². The summed E-state index contributed by atoms with van der Waals surface area (Å²) in [4.78, 5) is 13.7. The highest BCUT2D eigenvalue weighted by atomic mass is 35.5. The van der Waals surface area contributed by atoms with Crippen LogP contribution in [0.2, 0.25) is 5.02 Å². The number of ether oxygens (including phenoxy) is 1. The predicted molar refractivity (Wildman–Crippen MR) is 88.1 cm³/mol. The highest BCUT2D eigenvalue weighted by Crippen LogP contribution is 2.35. The van der Waals surface area contributed by atoms with Gasteiger partial charge in [-0.2, -0.15) is 5.26 Å². The minimum absolute atomic E-state index is 0.0514. The van der Waals surface area contributed by atoms with E-state index in [1.54, 1.807) is 12.1 Å². The Morgan fingerprint density at radius 3 is 2.74 bits per heavy atom. The zero-order chi connectivity index (χ0) is 16.4. The zero-order valence-corrected chi connectivity index (χ0v) is 13.6. The normalized spacial score (nSPS) is 25.3. The van der Waals surface area contributed by atoms with Crippen molar-refractivity contribution in [1.29, 1.82) is 5.26 Å². The van der Waals surface area contributed by atoms with Gasteiger partial charge in [-0.05, 0) is 43.4 Å². The van der Waals surface area contributed by atoms with E-state index in [4.69, 9.17) is 22.1 Å². The third-order valence-corrected chi connectivity index (χ3v) is 5.16. The van der Waals surface area contributed by atoms with E-state index in [0.717, 1.165) is 38.0 Å². The van der Waals surface area contributed by atoms with Crippen LogP contribution >= 0.6 is 11.6 Å². The monoisotopic (exact) mass is 333 g/mol. The third-order valence-electron chi connectivity index (χ3n) is 4.93. The maximum atomic E-state index is 11.5. The smallest absolute Gasteiger partial charge is 0.223 e. The van der Waals surface area contributed by atoms with Gasteiger partial charge in [0.15, 0.2) is 0 Å².